The molecule has 2 N–H and O–H groups in total. The quantitative estimate of drug-likeness (QED) is 0.649. The number of aromatic nitrogens is 2. The maximum absolute atomic E-state index is 13.8. The molecule has 1 fully saturated rings. The minimum Gasteiger partial charge on any atom is -0.364 e. The van der Waals surface area contributed by atoms with E-state index in [1.165, 1.54) is 0 Å². The summed E-state index contributed by atoms with van der Waals surface area (Å²) in [5.74, 6) is -0.732. The number of carbonyl (C=O) groups is 3. The van der Waals surface area contributed by atoms with Crippen molar-refractivity contribution in [2.45, 2.75) is 39.5 Å². The van der Waals surface area contributed by atoms with Crippen molar-refractivity contribution in [2.75, 3.05) is 22.9 Å². The summed E-state index contributed by atoms with van der Waals surface area (Å²) in [6.07, 6.45) is 2.96. The van der Waals surface area contributed by atoms with E-state index in [0.717, 1.165) is 47.6 Å². The highest BCUT2D eigenvalue weighted by atomic mass is 16.2. The summed E-state index contributed by atoms with van der Waals surface area (Å²) in [7, 11) is 0. The van der Waals surface area contributed by atoms with Gasteiger partial charge >= 0.3 is 0 Å². The van der Waals surface area contributed by atoms with E-state index in [9.17, 15) is 14.4 Å². The molecule has 0 saturated carbocycles. The Balaban J connectivity index is 1.55. The lowest BCUT2D eigenvalue weighted by Gasteiger charge is -2.31. The molecule has 1 saturated heterocycles. The maximum atomic E-state index is 13.8. The Hall–Kier alpha value is -3.94. The lowest BCUT2D eigenvalue weighted by atomic mass is 10.0. The van der Waals surface area contributed by atoms with E-state index in [2.05, 4.69) is 5.10 Å². The number of para-hydroxylation sites is 1. The Kier molecular flexibility index (Phi) is 5.43. The van der Waals surface area contributed by atoms with Crippen LogP contribution in [0.2, 0.25) is 0 Å². The molecule has 34 heavy (non-hydrogen) atoms. The van der Waals surface area contributed by atoms with Gasteiger partial charge < -0.3 is 15.5 Å². The maximum Gasteiger partial charge on any atom is 0.277 e. The molecule has 0 radical (unpaired) electrons. The predicted molar refractivity (Wildman–Crippen MR) is 130 cm³/mol. The second-order valence-corrected chi connectivity index (χ2v) is 8.92. The number of rotatable bonds is 4. The van der Waals surface area contributed by atoms with Gasteiger partial charge in [0.1, 0.15) is 5.69 Å². The van der Waals surface area contributed by atoms with Crippen LogP contribution in [0.1, 0.15) is 56.9 Å². The van der Waals surface area contributed by atoms with Crippen LogP contribution in [0, 0.1) is 13.8 Å². The molecule has 0 spiro atoms. The predicted octanol–water partition coefficient (Wildman–Crippen LogP) is 3.31. The van der Waals surface area contributed by atoms with Crippen molar-refractivity contribution in [3.8, 4) is 5.69 Å². The van der Waals surface area contributed by atoms with Gasteiger partial charge in [-0.1, -0.05) is 18.2 Å². The summed E-state index contributed by atoms with van der Waals surface area (Å²) in [6, 6.07) is 13.4. The summed E-state index contributed by atoms with van der Waals surface area (Å²) >= 11 is 0. The molecule has 0 unspecified atom stereocenters. The highest BCUT2D eigenvalue weighted by molar-refractivity contribution is 6.10. The van der Waals surface area contributed by atoms with E-state index < -0.39 is 5.91 Å². The van der Waals surface area contributed by atoms with Gasteiger partial charge in [-0.05, 0) is 68.5 Å². The Morgan fingerprint density at radius 2 is 1.71 bits per heavy atom. The first-order valence-corrected chi connectivity index (χ1v) is 11.6. The molecule has 8 nitrogen and oxygen atoms in total. The average molecular weight is 458 g/mol. The first kappa shape index (κ1) is 21.9. The number of amides is 3. The fourth-order valence-electron chi connectivity index (χ4n) is 4.95. The zero-order valence-electron chi connectivity index (χ0n) is 19.4. The van der Waals surface area contributed by atoms with Crippen molar-refractivity contribution < 1.29 is 14.4 Å². The number of hydrogen-bond donors (Lipinski definition) is 1. The zero-order chi connectivity index (χ0) is 24.0. The van der Waals surface area contributed by atoms with Crippen LogP contribution in [-0.2, 0) is 11.2 Å². The summed E-state index contributed by atoms with van der Waals surface area (Å²) in [5, 5.41) is 4.46. The third kappa shape index (κ3) is 3.55. The highest BCUT2D eigenvalue weighted by Crippen LogP contribution is 2.33. The molecule has 8 heteroatoms. The molecule has 0 bridgehead atoms. The van der Waals surface area contributed by atoms with Crippen molar-refractivity contribution in [1.82, 2.24) is 9.78 Å². The fourth-order valence-corrected chi connectivity index (χ4v) is 4.95. The molecule has 2 aliphatic rings. The van der Waals surface area contributed by atoms with Gasteiger partial charge in [-0.15, -0.1) is 0 Å². The zero-order valence-corrected chi connectivity index (χ0v) is 19.4. The molecule has 3 amide bonds. The first-order chi connectivity index (χ1) is 16.4. The van der Waals surface area contributed by atoms with Gasteiger partial charge in [0.15, 0.2) is 5.69 Å². The van der Waals surface area contributed by atoms with Gasteiger partial charge in [0.05, 0.1) is 5.69 Å². The van der Waals surface area contributed by atoms with Gasteiger partial charge in [-0.2, -0.15) is 5.10 Å². The molecular formula is C26H27N5O3. The van der Waals surface area contributed by atoms with E-state index >= 15 is 0 Å². The molecule has 0 aliphatic carbocycles. The smallest absolute Gasteiger partial charge is 0.277 e. The second kappa shape index (κ2) is 8.44. The van der Waals surface area contributed by atoms with Crippen LogP contribution >= 0.6 is 0 Å². The van der Waals surface area contributed by atoms with Crippen molar-refractivity contribution in [1.29, 1.82) is 0 Å². The van der Waals surface area contributed by atoms with Crippen molar-refractivity contribution >= 4 is 29.1 Å². The number of fused-ring (bicyclic) bond motifs is 1. The number of nitrogens with zero attached hydrogens (tertiary/aromatic N) is 4. The molecule has 5 rings (SSSR count). The number of nitrogens with two attached hydrogens (primary N) is 1. The lowest BCUT2D eigenvalue weighted by Crippen LogP contribution is -2.39. The van der Waals surface area contributed by atoms with Crippen LogP contribution in [0.5, 0.6) is 0 Å². The van der Waals surface area contributed by atoms with Gasteiger partial charge in [0, 0.05) is 36.4 Å². The van der Waals surface area contributed by atoms with Crippen LogP contribution < -0.4 is 15.5 Å². The second-order valence-electron chi connectivity index (χ2n) is 8.92. The van der Waals surface area contributed by atoms with Crippen LogP contribution in [0.15, 0.2) is 42.5 Å². The van der Waals surface area contributed by atoms with Crippen LogP contribution in [0.4, 0.5) is 11.4 Å². The van der Waals surface area contributed by atoms with Crippen LogP contribution in [0.25, 0.3) is 5.69 Å². The molecule has 174 valence electrons. The minimum absolute atomic E-state index is 0.137. The van der Waals surface area contributed by atoms with Gasteiger partial charge in [0.25, 0.3) is 11.8 Å². The molecular weight excluding hydrogens is 430 g/mol. The summed E-state index contributed by atoms with van der Waals surface area (Å²) in [4.78, 5) is 41.8. The van der Waals surface area contributed by atoms with Gasteiger partial charge in [-0.3, -0.25) is 14.4 Å². The molecule has 0 atom stereocenters. The monoisotopic (exact) mass is 457 g/mol. The summed E-state index contributed by atoms with van der Waals surface area (Å²) in [5.41, 5.74) is 10.9. The highest BCUT2D eigenvalue weighted by Gasteiger charge is 2.35. The molecule has 1 aromatic heterocycles. The molecule has 2 aliphatic heterocycles. The summed E-state index contributed by atoms with van der Waals surface area (Å²) < 4.78 is 1.55. The third-order valence-corrected chi connectivity index (χ3v) is 6.70. The van der Waals surface area contributed by atoms with Crippen molar-refractivity contribution in [3.63, 3.8) is 0 Å². The number of anilines is 2. The van der Waals surface area contributed by atoms with Gasteiger partial charge in [-0.25, -0.2) is 4.68 Å². The number of aryl methyl sites for hydroxylation is 2. The van der Waals surface area contributed by atoms with Crippen LogP contribution in [0.3, 0.4) is 0 Å². The Morgan fingerprint density at radius 1 is 0.912 bits per heavy atom. The van der Waals surface area contributed by atoms with Crippen LogP contribution in [-0.4, -0.2) is 40.6 Å². The normalized spacial score (nSPS) is 16.1. The van der Waals surface area contributed by atoms with E-state index in [4.69, 9.17) is 5.73 Å². The number of carbonyl (C=O) groups excluding carboxylic acids is 3. The van der Waals surface area contributed by atoms with Crippen molar-refractivity contribution in [2.24, 2.45) is 5.73 Å². The number of piperidine rings is 1. The Morgan fingerprint density at radius 3 is 2.41 bits per heavy atom. The standard InChI is InChI=1S/C26H27N5O3/c1-16-7-3-4-8-21(16)31-24-19(23(28-31)25(27)33)12-14-30(26(24)34)20-11-10-18(15-17(20)2)29-13-6-5-9-22(29)32/h3-4,7-8,10-11,15H,5-6,9,12-14H2,1-2H3,(H2,27,33). The van der Waals surface area contributed by atoms with Crippen molar-refractivity contribution in [3.05, 3.63) is 70.5 Å². The number of benzene rings is 2. The lowest BCUT2D eigenvalue weighted by molar-refractivity contribution is -0.119. The molecule has 3 heterocycles. The van der Waals surface area contributed by atoms with E-state index in [0.29, 0.717) is 30.6 Å². The Bertz CT molecular complexity index is 1330. The van der Waals surface area contributed by atoms with Gasteiger partial charge in [0.2, 0.25) is 5.91 Å². The summed E-state index contributed by atoms with van der Waals surface area (Å²) in [6.45, 7) is 5.01. The number of primary amides is 1. The van der Waals surface area contributed by atoms with E-state index in [1.54, 1.807) is 9.58 Å². The topological polar surface area (TPSA) is 102 Å². The SMILES string of the molecule is Cc1cc(N2CCCCC2=O)ccc1N1CCc2c(C(N)=O)nn(-c3ccccc3C)c2C1=O. The average Bonchev–Trinajstić information content (AvgIpc) is 3.21. The molecule has 3 aromatic rings. The first-order valence-electron chi connectivity index (χ1n) is 11.6. The largest absolute Gasteiger partial charge is 0.364 e. The van der Waals surface area contributed by atoms with E-state index in [-0.39, 0.29) is 17.5 Å². The minimum atomic E-state index is -0.642. The van der Waals surface area contributed by atoms with E-state index in [1.807, 2.05) is 61.2 Å². The molecule has 2 aromatic carbocycles. The Labute approximate surface area is 197 Å². The third-order valence-electron chi connectivity index (χ3n) is 6.70. The fraction of sp³-hybridized carbons (Fsp3) is 0.308. The number of hydrogen-bond acceptors (Lipinski definition) is 4.